The molecule has 34 heavy (non-hydrogen) atoms. The lowest BCUT2D eigenvalue weighted by Gasteiger charge is -2.17. The number of halogens is 2. The Hall–Kier alpha value is -3.13. The molecule has 174 valence electrons. The van der Waals surface area contributed by atoms with Crippen molar-refractivity contribution in [2.45, 2.75) is 25.6 Å². The van der Waals surface area contributed by atoms with Gasteiger partial charge in [-0.2, -0.15) is 5.10 Å². The monoisotopic (exact) mass is 496 g/mol. The van der Waals surface area contributed by atoms with Crippen molar-refractivity contribution in [3.63, 3.8) is 0 Å². The number of β-amino-alcohol motifs (C(OH)–C–C–N with tert-alkyl or cyclic N) is 1. The summed E-state index contributed by atoms with van der Waals surface area (Å²) >= 11 is 12.6. The molecule has 0 saturated carbocycles. The summed E-state index contributed by atoms with van der Waals surface area (Å²) < 4.78 is 6.15. The van der Waals surface area contributed by atoms with E-state index >= 15 is 0 Å². The van der Waals surface area contributed by atoms with Gasteiger partial charge in [0.1, 0.15) is 17.5 Å². The smallest absolute Gasteiger partial charge is 0.253 e. The zero-order valence-electron chi connectivity index (χ0n) is 18.3. The Balaban J connectivity index is 1.44. The molecule has 4 aromatic rings. The number of rotatable bonds is 5. The van der Waals surface area contributed by atoms with Crippen molar-refractivity contribution in [3.8, 4) is 17.0 Å². The van der Waals surface area contributed by atoms with Crippen LogP contribution < -0.4 is 4.74 Å². The van der Waals surface area contributed by atoms with E-state index in [1.54, 1.807) is 11.0 Å². The van der Waals surface area contributed by atoms with Gasteiger partial charge in [0.15, 0.2) is 0 Å². The van der Waals surface area contributed by atoms with E-state index in [4.69, 9.17) is 27.9 Å². The van der Waals surface area contributed by atoms with Crippen molar-refractivity contribution >= 4 is 40.0 Å². The molecule has 2 aromatic heterocycles. The minimum absolute atomic E-state index is 0.0952. The molecule has 2 aromatic carbocycles. The topological polar surface area (TPSA) is 91.3 Å². The van der Waals surface area contributed by atoms with E-state index in [0.29, 0.717) is 52.1 Å². The molecule has 1 amide bonds. The Morgan fingerprint density at radius 3 is 2.74 bits per heavy atom. The lowest BCUT2D eigenvalue weighted by atomic mass is 10.0. The second-order valence-corrected chi connectivity index (χ2v) is 9.15. The normalized spacial score (nSPS) is 16.7. The van der Waals surface area contributed by atoms with Crippen molar-refractivity contribution in [2.24, 2.45) is 0 Å². The Kier molecular flexibility index (Phi) is 6.16. The lowest BCUT2D eigenvalue weighted by molar-refractivity contribution is 0.0765. The maximum absolute atomic E-state index is 12.9. The molecule has 9 heteroatoms. The quantitative estimate of drug-likeness (QED) is 0.392. The average Bonchev–Trinajstić information content (AvgIpc) is 3.44. The highest BCUT2D eigenvalue weighted by Crippen LogP contribution is 2.35. The fourth-order valence-electron chi connectivity index (χ4n) is 4.27. The molecule has 1 aliphatic rings. The molecule has 0 aliphatic carbocycles. The van der Waals surface area contributed by atoms with Crippen molar-refractivity contribution in [1.29, 1.82) is 0 Å². The third-order valence-corrected chi connectivity index (χ3v) is 6.58. The van der Waals surface area contributed by atoms with Crippen LogP contribution in [0.5, 0.6) is 5.75 Å². The number of nitrogens with zero attached hydrogens (tertiary/aromatic N) is 3. The number of pyridine rings is 1. The number of aromatic nitrogens is 3. The first-order chi connectivity index (χ1) is 16.4. The van der Waals surface area contributed by atoms with Gasteiger partial charge in [0, 0.05) is 47.6 Å². The summed E-state index contributed by atoms with van der Waals surface area (Å²) in [5, 5.41) is 19.0. The first-order valence-corrected chi connectivity index (χ1v) is 11.7. The molecule has 2 atom stereocenters. The highest BCUT2D eigenvalue weighted by Gasteiger charge is 2.25. The second-order valence-electron chi connectivity index (χ2n) is 8.33. The Labute approximate surface area is 206 Å². The Morgan fingerprint density at radius 1 is 1.21 bits per heavy atom. The maximum atomic E-state index is 12.9. The molecule has 1 aliphatic heterocycles. The third kappa shape index (κ3) is 4.34. The number of fused-ring (bicyclic) bond motifs is 1. The van der Waals surface area contributed by atoms with Gasteiger partial charge in [-0.1, -0.05) is 35.3 Å². The van der Waals surface area contributed by atoms with Crippen molar-refractivity contribution in [2.75, 3.05) is 13.1 Å². The van der Waals surface area contributed by atoms with Crippen molar-refractivity contribution in [3.05, 3.63) is 76.0 Å². The minimum Gasteiger partial charge on any atom is -0.486 e. The van der Waals surface area contributed by atoms with Crippen LogP contribution in [0.15, 0.2) is 54.9 Å². The van der Waals surface area contributed by atoms with Crippen molar-refractivity contribution < 1.29 is 14.6 Å². The summed E-state index contributed by atoms with van der Waals surface area (Å²) in [6.45, 7) is 2.79. The van der Waals surface area contributed by atoms with Gasteiger partial charge in [0.05, 0.1) is 21.7 Å². The van der Waals surface area contributed by atoms with E-state index in [9.17, 15) is 9.90 Å². The van der Waals surface area contributed by atoms with E-state index in [1.165, 1.54) is 12.4 Å². The number of ether oxygens (including phenoxy) is 1. The molecule has 0 radical (unpaired) electrons. The van der Waals surface area contributed by atoms with Gasteiger partial charge < -0.3 is 14.7 Å². The fraction of sp³-hybridized carbons (Fsp3) is 0.240. The molecule has 5 rings (SSSR count). The number of carbonyl (C=O) groups excluding carboxylic acids is 1. The van der Waals surface area contributed by atoms with Gasteiger partial charge in [-0.3, -0.25) is 14.9 Å². The molecule has 2 N–H and O–H groups in total. The Bertz CT molecular complexity index is 1350. The van der Waals surface area contributed by atoms with Crippen LogP contribution in [0, 0.1) is 0 Å². The number of hydrogen-bond acceptors (Lipinski definition) is 5. The SMILES string of the molecule is C[C@@H](Oc1ccc2[nH]nc(-c3cccc(C(=O)N4CC[C@H](O)C4)c3)c2c1)c1c(Cl)cncc1Cl. The minimum atomic E-state index is -0.458. The molecule has 1 saturated heterocycles. The number of aromatic amines is 1. The number of H-pyrrole nitrogens is 1. The molecular formula is C25H22Cl2N4O3. The first-order valence-electron chi connectivity index (χ1n) is 10.9. The number of nitrogens with one attached hydrogen (secondary N) is 1. The summed E-state index contributed by atoms with van der Waals surface area (Å²) in [7, 11) is 0. The zero-order valence-corrected chi connectivity index (χ0v) is 19.8. The average molecular weight is 497 g/mol. The van der Waals surface area contributed by atoms with Gasteiger partial charge in [0.25, 0.3) is 5.91 Å². The number of aliphatic hydroxyl groups is 1. The van der Waals surface area contributed by atoms with E-state index in [0.717, 1.165) is 16.5 Å². The number of likely N-dealkylation sites (tertiary alicyclic amines) is 1. The predicted octanol–water partition coefficient (Wildman–Crippen LogP) is 5.28. The van der Waals surface area contributed by atoms with E-state index in [1.807, 2.05) is 43.3 Å². The molecule has 0 unspecified atom stereocenters. The van der Waals surface area contributed by atoms with Crippen LogP contribution in [0.4, 0.5) is 0 Å². The molecule has 7 nitrogen and oxygen atoms in total. The highest BCUT2D eigenvalue weighted by atomic mass is 35.5. The molecule has 1 fully saturated rings. The summed E-state index contributed by atoms with van der Waals surface area (Å²) in [4.78, 5) is 18.5. The summed E-state index contributed by atoms with van der Waals surface area (Å²) in [5.41, 5.74) is 3.59. The van der Waals surface area contributed by atoms with Crippen LogP contribution in [0.25, 0.3) is 22.2 Å². The Morgan fingerprint density at radius 2 is 2.00 bits per heavy atom. The van der Waals surface area contributed by atoms with E-state index < -0.39 is 12.2 Å². The van der Waals surface area contributed by atoms with Crippen LogP contribution in [0.1, 0.15) is 35.4 Å². The largest absolute Gasteiger partial charge is 0.486 e. The summed E-state index contributed by atoms with van der Waals surface area (Å²) in [6.07, 6.45) is 2.83. The number of aliphatic hydroxyl groups excluding tert-OH is 1. The fourth-order valence-corrected chi connectivity index (χ4v) is 4.94. The molecule has 0 bridgehead atoms. The van der Waals surface area contributed by atoms with E-state index in [-0.39, 0.29) is 5.91 Å². The van der Waals surface area contributed by atoms with E-state index in [2.05, 4.69) is 15.2 Å². The van der Waals surface area contributed by atoms with Crippen LogP contribution >= 0.6 is 23.2 Å². The van der Waals surface area contributed by atoms with Gasteiger partial charge in [-0.15, -0.1) is 0 Å². The van der Waals surface area contributed by atoms with Crippen LogP contribution in [-0.2, 0) is 0 Å². The molecule has 0 spiro atoms. The van der Waals surface area contributed by atoms with Crippen molar-refractivity contribution in [1.82, 2.24) is 20.1 Å². The molecular weight excluding hydrogens is 475 g/mol. The lowest BCUT2D eigenvalue weighted by Crippen LogP contribution is -2.29. The number of hydrogen-bond donors (Lipinski definition) is 2. The zero-order chi connectivity index (χ0) is 23.8. The number of amides is 1. The standard InChI is InChI=1S/C25H22Cl2N4O3/c1-14(23-20(26)11-28-12-21(23)27)34-18-5-6-22-19(10-18)24(30-29-22)15-3-2-4-16(9-15)25(33)31-8-7-17(32)13-31/h2-6,9-12,14,17,32H,7-8,13H2,1H3,(H,29,30)/t14-,17+/m1/s1. The highest BCUT2D eigenvalue weighted by molar-refractivity contribution is 6.35. The predicted molar refractivity (Wildman–Crippen MR) is 131 cm³/mol. The molecule has 3 heterocycles. The van der Waals surface area contributed by atoms with Gasteiger partial charge in [0.2, 0.25) is 0 Å². The third-order valence-electron chi connectivity index (χ3n) is 5.98. The van der Waals surface area contributed by atoms with Gasteiger partial charge in [-0.25, -0.2) is 0 Å². The summed E-state index contributed by atoms with van der Waals surface area (Å²) in [5.74, 6) is 0.534. The van der Waals surface area contributed by atoms with Crippen LogP contribution in [0.3, 0.4) is 0 Å². The number of benzene rings is 2. The maximum Gasteiger partial charge on any atom is 0.253 e. The first kappa shape index (κ1) is 22.7. The van der Waals surface area contributed by atoms with Gasteiger partial charge in [-0.05, 0) is 43.7 Å². The van der Waals surface area contributed by atoms with Crippen LogP contribution in [-0.4, -0.2) is 50.3 Å². The second kappa shape index (κ2) is 9.25. The van der Waals surface area contributed by atoms with Crippen LogP contribution in [0.2, 0.25) is 10.0 Å². The summed E-state index contributed by atoms with van der Waals surface area (Å²) in [6, 6.07) is 13.0. The number of carbonyl (C=O) groups is 1. The van der Waals surface area contributed by atoms with Gasteiger partial charge >= 0.3 is 0 Å².